The van der Waals surface area contributed by atoms with Crippen LogP contribution in [0.3, 0.4) is 0 Å². The van der Waals surface area contributed by atoms with Crippen LogP contribution < -0.4 is 10.2 Å². The number of hydrogen-bond acceptors (Lipinski definition) is 3. The summed E-state index contributed by atoms with van der Waals surface area (Å²) >= 11 is 11.9. The molecule has 2 aromatic carbocycles. The second kappa shape index (κ2) is 7.67. The van der Waals surface area contributed by atoms with Crippen LogP contribution in [0.15, 0.2) is 53.6 Å². The summed E-state index contributed by atoms with van der Waals surface area (Å²) in [5.74, 6) is 0.0580. The minimum Gasteiger partial charge on any atom is -0.482 e. The first-order chi connectivity index (χ1) is 10.2. The highest BCUT2D eigenvalue weighted by atomic mass is 35.5. The molecule has 0 aromatic heterocycles. The van der Waals surface area contributed by atoms with Crippen molar-refractivity contribution in [1.82, 2.24) is 5.43 Å². The number of benzene rings is 2. The number of hydrogen-bond donors (Lipinski definition) is 1. The first-order valence-electron chi connectivity index (χ1n) is 6.10. The summed E-state index contributed by atoms with van der Waals surface area (Å²) in [6, 6.07) is 14.1. The number of amides is 1. The first kappa shape index (κ1) is 15.4. The Morgan fingerprint density at radius 1 is 1.10 bits per heavy atom. The fourth-order valence-corrected chi connectivity index (χ4v) is 1.87. The van der Waals surface area contributed by atoms with E-state index < -0.39 is 5.91 Å². The van der Waals surface area contributed by atoms with Crippen LogP contribution in [0.25, 0.3) is 0 Å². The molecule has 1 amide bonds. The lowest BCUT2D eigenvalue weighted by atomic mass is 10.2. The van der Waals surface area contributed by atoms with Gasteiger partial charge in [0.15, 0.2) is 6.61 Å². The fraction of sp³-hybridized carbons (Fsp3) is 0.0667. The smallest absolute Gasteiger partial charge is 0.277 e. The summed E-state index contributed by atoms with van der Waals surface area (Å²) < 4.78 is 5.28. The normalized spacial score (nSPS) is 10.6. The predicted molar refractivity (Wildman–Crippen MR) is 84.1 cm³/mol. The van der Waals surface area contributed by atoms with Gasteiger partial charge in [0.25, 0.3) is 5.91 Å². The molecule has 0 heterocycles. The van der Waals surface area contributed by atoms with Gasteiger partial charge in [-0.3, -0.25) is 4.79 Å². The Morgan fingerprint density at radius 2 is 1.76 bits per heavy atom. The Hall–Kier alpha value is -2.04. The molecule has 0 saturated carbocycles. The fourth-order valence-electron chi connectivity index (χ4n) is 1.49. The molecule has 0 aliphatic rings. The monoisotopic (exact) mass is 322 g/mol. The summed E-state index contributed by atoms with van der Waals surface area (Å²) in [7, 11) is 0. The molecule has 0 aliphatic carbocycles. The van der Waals surface area contributed by atoms with E-state index in [0.29, 0.717) is 21.4 Å². The lowest BCUT2D eigenvalue weighted by Crippen LogP contribution is -2.24. The number of carbonyl (C=O) groups excluding carboxylic acids is 1. The maximum absolute atomic E-state index is 11.6. The van der Waals surface area contributed by atoms with Crippen molar-refractivity contribution in [3.05, 3.63) is 64.1 Å². The van der Waals surface area contributed by atoms with Gasteiger partial charge in [-0.25, -0.2) is 5.43 Å². The molecule has 0 aliphatic heterocycles. The molecule has 4 nitrogen and oxygen atoms in total. The third-order valence-corrected chi connectivity index (χ3v) is 3.15. The largest absolute Gasteiger partial charge is 0.482 e. The van der Waals surface area contributed by atoms with Crippen LogP contribution in [0, 0.1) is 0 Å². The molecule has 0 spiro atoms. The molecule has 1 N–H and O–H groups in total. The summed E-state index contributed by atoms with van der Waals surface area (Å²) in [5.41, 5.74) is 3.07. The average Bonchev–Trinajstić information content (AvgIpc) is 2.48. The quantitative estimate of drug-likeness (QED) is 0.676. The van der Waals surface area contributed by atoms with E-state index in [1.807, 2.05) is 12.1 Å². The van der Waals surface area contributed by atoms with E-state index in [9.17, 15) is 4.79 Å². The second-order valence-corrected chi connectivity index (χ2v) is 4.85. The molecule has 2 rings (SSSR count). The molecule has 0 radical (unpaired) electrons. The van der Waals surface area contributed by atoms with Gasteiger partial charge < -0.3 is 4.74 Å². The van der Waals surface area contributed by atoms with Crippen molar-refractivity contribution in [3.63, 3.8) is 0 Å². The van der Waals surface area contributed by atoms with Crippen LogP contribution in [0.1, 0.15) is 5.56 Å². The van der Waals surface area contributed by atoms with Crippen LogP contribution >= 0.6 is 23.2 Å². The van der Waals surface area contributed by atoms with E-state index in [1.54, 1.807) is 36.4 Å². The maximum Gasteiger partial charge on any atom is 0.277 e. The van der Waals surface area contributed by atoms with E-state index in [2.05, 4.69) is 10.5 Å². The van der Waals surface area contributed by atoms with E-state index in [1.165, 1.54) is 6.21 Å². The number of para-hydroxylation sites is 1. The Balaban J connectivity index is 1.83. The van der Waals surface area contributed by atoms with Gasteiger partial charge in [-0.15, -0.1) is 0 Å². The highest BCUT2D eigenvalue weighted by Gasteiger charge is 2.04. The van der Waals surface area contributed by atoms with Crippen molar-refractivity contribution in [2.24, 2.45) is 5.10 Å². The molecule has 0 saturated heterocycles. The molecule has 0 bridgehead atoms. The molecule has 6 heteroatoms. The highest BCUT2D eigenvalue weighted by Crippen LogP contribution is 2.22. The van der Waals surface area contributed by atoms with Crippen LogP contribution in [0.4, 0.5) is 0 Å². The van der Waals surface area contributed by atoms with Gasteiger partial charge in [0.05, 0.1) is 11.2 Å². The summed E-state index contributed by atoms with van der Waals surface area (Å²) in [6.07, 6.45) is 1.47. The number of ether oxygens (including phenoxy) is 1. The van der Waals surface area contributed by atoms with E-state index in [-0.39, 0.29) is 6.61 Å². The highest BCUT2D eigenvalue weighted by molar-refractivity contribution is 6.33. The summed E-state index contributed by atoms with van der Waals surface area (Å²) in [6.45, 7) is -0.177. The van der Waals surface area contributed by atoms with Gasteiger partial charge in [-0.05, 0) is 18.2 Å². The standard InChI is InChI=1S/C15H12Cl2N2O2/c16-12-6-2-1-5-11(12)9-18-19-15(20)10-21-14-8-4-3-7-13(14)17/h1-9H,10H2,(H,19,20)/b18-9-. The van der Waals surface area contributed by atoms with E-state index >= 15 is 0 Å². The maximum atomic E-state index is 11.6. The molecule has 0 unspecified atom stereocenters. The van der Waals surface area contributed by atoms with Crippen LogP contribution in [0.2, 0.25) is 10.0 Å². The van der Waals surface area contributed by atoms with Gasteiger partial charge in [0.1, 0.15) is 5.75 Å². The zero-order valence-electron chi connectivity index (χ0n) is 10.9. The number of nitrogens with one attached hydrogen (secondary N) is 1. The van der Waals surface area contributed by atoms with Gasteiger partial charge >= 0.3 is 0 Å². The van der Waals surface area contributed by atoms with Gasteiger partial charge in [0, 0.05) is 10.6 Å². The Bertz CT molecular complexity index is 660. The average molecular weight is 323 g/mol. The molecular weight excluding hydrogens is 311 g/mol. The third-order valence-electron chi connectivity index (χ3n) is 2.49. The minimum absolute atomic E-state index is 0.177. The first-order valence-corrected chi connectivity index (χ1v) is 6.86. The molecule has 0 fully saturated rings. The molecule has 21 heavy (non-hydrogen) atoms. The number of rotatable bonds is 5. The van der Waals surface area contributed by atoms with Crippen molar-refractivity contribution in [3.8, 4) is 5.75 Å². The zero-order chi connectivity index (χ0) is 15.1. The number of hydrazone groups is 1. The van der Waals surface area contributed by atoms with Crippen molar-refractivity contribution < 1.29 is 9.53 Å². The van der Waals surface area contributed by atoms with E-state index in [0.717, 1.165) is 0 Å². The zero-order valence-corrected chi connectivity index (χ0v) is 12.4. The van der Waals surface area contributed by atoms with Crippen molar-refractivity contribution in [1.29, 1.82) is 0 Å². The SMILES string of the molecule is O=C(COc1ccccc1Cl)N/N=C\c1ccccc1Cl. The lowest BCUT2D eigenvalue weighted by Gasteiger charge is -2.06. The second-order valence-electron chi connectivity index (χ2n) is 4.03. The number of carbonyl (C=O) groups is 1. The van der Waals surface area contributed by atoms with Crippen molar-refractivity contribution in [2.45, 2.75) is 0 Å². The Labute approximate surface area is 132 Å². The van der Waals surface area contributed by atoms with E-state index in [4.69, 9.17) is 27.9 Å². The lowest BCUT2D eigenvalue weighted by molar-refractivity contribution is -0.123. The van der Waals surface area contributed by atoms with Gasteiger partial charge in [-0.2, -0.15) is 5.10 Å². The van der Waals surface area contributed by atoms with Crippen molar-refractivity contribution >= 4 is 35.3 Å². The number of nitrogens with zero attached hydrogens (tertiary/aromatic N) is 1. The van der Waals surface area contributed by atoms with Gasteiger partial charge in [-0.1, -0.05) is 53.5 Å². The van der Waals surface area contributed by atoms with Crippen LogP contribution in [0.5, 0.6) is 5.75 Å². The number of halogens is 2. The summed E-state index contributed by atoms with van der Waals surface area (Å²) in [4.78, 5) is 11.6. The van der Waals surface area contributed by atoms with Crippen molar-refractivity contribution in [2.75, 3.05) is 6.61 Å². The molecule has 108 valence electrons. The predicted octanol–water partition coefficient (Wildman–Crippen LogP) is 3.52. The van der Waals surface area contributed by atoms with Gasteiger partial charge in [0.2, 0.25) is 0 Å². The van der Waals surface area contributed by atoms with Crippen LogP contribution in [-0.4, -0.2) is 18.7 Å². The topological polar surface area (TPSA) is 50.7 Å². The molecule has 2 aromatic rings. The Kier molecular flexibility index (Phi) is 5.60. The Morgan fingerprint density at radius 3 is 2.48 bits per heavy atom. The molecular formula is C15H12Cl2N2O2. The minimum atomic E-state index is -0.391. The molecule has 0 atom stereocenters. The van der Waals surface area contributed by atoms with Crippen LogP contribution in [-0.2, 0) is 4.79 Å². The third kappa shape index (κ3) is 4.77. The summed E-state index contributed by atoms with van der Waals surface area (Å²) in [5, 5.41) is 4.82.